The fourth-order valence-electron chi connectivity index (χ4n) is 2.15. The minimum absolute atomic E-state index is 0.652. The van der Waals surface area contributed by atoms with Crippen LogP contribution in [0.1, 0.15) is 12.7 Å². The monoisotopic (exact) mass is 249 g/mol. The highest BCUT2D eigenvalue weighted by Gasteiger charge is 2.10. The Balaban J connectivity index is 2.36. The van der Waals surface area contributed by atoms with E-state index in [1.807, 2.05) is 23.9 Å². The third-order valence-corrected chi connectivity index (χ3v) is 3.81. The van der Waals surface area contributed by atoms with Gasteiger partial charge in [0.25, 0.3) is 0 Å². The number of nitrogens with zero attached hydrogens (tertiary/aromatic N) is 2. The van der Waals surface area contributed by atoms with Gasteiger partial charge in [-0.25, -0.2) is 4.98 Å². The molecule has 0 fully saturated rings. The molecule has 2 rings (SSSR count). The van der Waals surface area contributed by atoms with E-state index >= 15 is 0 Å². The van der Waals surface area contributed by atoms with E-state index in [0.29, 0.717) is 5.92 Å². The van der Waals surface area contributed by atoms with Crippen molar-refractivity contribution in [3.63, 3.8) is 0 Å². The molecule has 2 aromatic rings. The van der Waals surface area contributed by atoms with Crippen molar-refractivity contribution in [2.24, 2.45) is 5.92 Å². The molecule has 1 atom stereocenters. The summed E-state index contributed by atoms with van der Waals surface area (Å²) in [6, 6.07) is 5.95. The zero-order chi connectivity index (χ0) is 12.4. The van der Waals surface area contributed by atoms with Crippen LogP contribution in [-0.2, 0) is 6.54 Å². The summed E-state index contributed by atoms with van der Waals surface area (Å²) in [4.78, 5) is 4.56. The maximum atomic E-state index is 5.78. The number of rotatable bonds is 4. The molecule has 0 aliphatic heterocycles. The van der Waals surface area contributed by atoms with Gasteiger partial charge in [0, 0.05) is 12.2 Å². The largest absolute Gasteiger partial charge is 0.399 e. The van der Waals surface area contributed by atoms with Crippen LogP contribution in [0.25, 0.3) is 11.0 Å². The Kier molecular flexibility index (Phi) is 3.62. The number of nitrogens with two attached hydrogens (primary N) is 1. The molecule has 0 radical (unpaired) electrons. The van der Waals surface area contributed by atoms with E-state index < -0.39 is 0 Å². The second-order valence-corrected chi connectivity index (χ2v) is 5.49. The van der Waals surface area contributed by atoms with Crippen molar-refractivity contribution < 1.29 is 0 Å². The van der Waals surface area contributed by atoms with Crippen LogP contribution >= 0.6 is 11.8 Å². The average molecular weight is 249 g/mol. The van der Waals surface area contributed by atoms with Gasteiger partial charge in [-0.3, -0.25) is 0 Å². The Hall–Kier alpha value is -1.16. The second-order valence-electron chi connectivity index (χ2n) is 4.58. The van der Waals surface area contributed by atoms with Crippen LogP contribution in [0.4, 0.5) is 5.69 Å². The van der Waals surface area contributed by atoms with Gasteiger partial charge in [0.05, 0.1) is 11.0 Å². The Morgan fingerprint density at radius 2 is 2.24 bits per heavy atom. The SMILES string of the molecule is CSCC(C)Cn1c(C)nc2cc(N)ccc21. The van der Waals surface area contributed by atoms with Gasteiger partial charge in [-0.05, 0) is 43.0 Å². The maximum Gasteiger partial charge on any atom is 0.106 e. The molecule has 1 aromatic carbocycles. The molecule has 1 aromatic heterocycles. The van der Waals surface area contributed by atoms with Crippen molar-refractivity contribution >= 4 is 28.5 Å². The van der Waals surface area contributed by atoms with Crippen LogP contribution in [0.3, 0.4) is 0 Å². The number of nitrogen functional groups attached to an aromatic ring is 1. The highest BCUT2D eigenvalue weighted by Crippen LogP contribution is 2.20. The van der Waals surface area contributed by atoms with Crippen molar-refractivity contribution in [2.75, 3.05) is 17.7 Å². The predicted molar refractivity (Wildman–Crippen MR) is 76.4 cm³/mol. The molecular weight excluding hydrogens is 230 g/mol. The number of fused-ring (bicyclic) bond motifs is 1. The normalized spacial score (nSPS) is 13.1. The van der Waals surface area contributed by atoms with Gasteiger partial charge < -0.3 is 10.3 Å². The van der Waals surface area contributed by atoms with Gasteiger partial charge in [0.1, 0.15) is 5.82 Å². The summed E-state index contributed by atoms with van der Waals surface area (Å²) in [6.45, 7) is 5.36. The smallest absolute Gasteiger partial charge is 0.106 e. The van der Waals surface area contributed by atoms with E-state index in [0.717, 1.165) is 23.6 Å². The topological polar surface area (TPSA) is 43.8 Å². The summed E-state index contributed by atoms with van der Waals surface area (Å²) in [5, 5.41) is 0. The summed E-state index contributed by atoms with van der Waals surface area (Å²) in [7, 11) is 0. The van der Waals surface area contributed by atoms with Crippen LogP contribution < -0.4 is 5.73 Å². The minimum Gasteiger partial charge on any atom is -0.399 e. The highest BCUT2D eigenvalue weighted by atomic mass is 32.2. The van der Waals surface area contributed by atoms with E-state index in [4.69, 9.17) is 5.73 Å². The Labute approximate surface area is 106 Å². The van der Waals surface area contributed by atoms with E-state index in [-0.39, 0.29) is 0 Å². The first-order valence-electron chi connectivity index (χ1n) is 5.83. The van der Waals surface area contributed by atoms with Crippen LogP contribution in [0, 0.1) is 12.8 Å². The number of aromatic nitrogens is 2. The first-order chi connectivity index (χ1) is 8.11. The lowest BCUT2D eigenvalue weighted by Gasteiger charge is -2.13. The maximum absolute atomic E-state index is 5.78. The summed E-state index contributed by atoms with van der Waals surface area (Å²) in [6.07, 6.45) is 2.15. The first-order valence-corrected chi connectivity index (χ1v) is 7.22. The van der Waals surface area contributed by atoms with Crippen molar-refractivity contribution in [2.45, 2.75) is 20.4 Å². The standard InChI is InChI=1S/C13H19N3S/c1-9(8-17-3)7-16-10(2)15-12-6-11(14)4-5-13(12)16/h4-6,9H,7-8,14H2,1-3H3. The van der Waals surface area contributed by atoms with Gasteiger partial charge in [0.15, 0.2) is 0 Å². The molecule has 0 spiro atoms. The number of thioether (sulfide) groups is 1. The number of benzene rings is 1. The summed E-state index contributed by atoms with van der Waals surface area (Å²) < 4.78 is 2.29. The summed E-state index contributed by atoms with van der Waals surface area (Å²) in [5.74, 6) is 2.89. The quantitative estimate of drug-likeness (QED) is 0.847. The zero-order valence-corrected chi connectivity index (χ0v) is 11.4. The molecule has 0 aliphatic carbocycles. The number of anilines is 1. The zero-order valence-electron chi connectivity index (χ0n) is 10.6. The molecule has 0 amide bonds. The Bertz CT molecular complexity index is 519. The molecular formula is C13H19N3S. The second kappa shape index (κ2) is 5.00. The van der Waals surface area contributed by atoms with Gasteiger partial charge in [-0.2, -0.15) is 11.8 Å². The molecule has 3 nitrogen and oxygen atoms in total. The Morgan fingerprint density at radius 1 is 1.47 bits per heavy atom. The lowest BCUT2D eigenvalue weighted by molar-refractivity contribution is 0.532. The van der Waals surface area contributed by atoms with Crippen LogP contribution in [0.2, 0.25) is 0 Å². The first kappa shape index (κ1) is 12.3. The molecule has 2 N–H and O–H groups in total. The molecule has 92 valence electrons. The van der Waals surface area contributed by atoms with Crippen molar-refractivity contribution in [3.8, 4) is 0 Å². The molecule has 17 heavy (non-hydrogen) atoms. The van der Waals surface area contributed by atoms with Gasteiger partial charge in [-0.1, -0.05) is 6.92 Å². The van der Waals surface area contributed by atoms with Crippen LogP contribution in [0.15, 0.2) is 18.2 Å². The summed E-state index contributed by atoms with van der Waals surface area (Å²) >= 11 is 1.89. The fourth-order valence-corrected chi connectivity index (χ4v) is 2.82. The van der Waals surface area contributed by atoms with Crippen molar-refractivity contribution in [3.05, 3.63) is 24.0 Å². The fraction of sp³-hybridized carbons (Fsp3) is 0.462. The number of imidazole rings is 1. The van der Waals surface area contributed by atoms with E-state index in [2.05, 4.69) is 35.7 Å². The Morgan fingerprint density at radius 3 is 2.94 bits per heavy atom. The lowest BCUT2D eigenvalue weighted by atomic mass is 10.2. The van der Waals surface area contributed by atoms with Gasteiger partial charge in [0.2, 0.25) is 0 Å². The highest BCUT2D eigenvalue weighted by molar-refractivity contribution is 7.98. The van der Waals surface area contributed by atoms with E-state index in [1.54, 1.807) is 0 Å². The third kappa shape index (κ3) is 2.57. The van der Waals surface area contributed by atoms with Crippen molar-refractivity contribution in [1.29, 1.82) is 0 Å². The van der Waals surface area contributed by atoms with Crippen LogP contribution in [-0.4, -0.2) is 21.6 Å². The minimum atomic E-state index is 0.652. The van der Waals surface area contributed by atoms with E-state index in [1.165, 1.54) is 11.3 Å². The molecule has 4 heteroatoms. The number of hydrogen-bond donors (Lipinski definition) is 1. The molecule has 1 unspecified atom stereocenters. The van der Waals surface area contributed by atoms with Gasteiger partial charge >= 0.3 is 0 Å². The lowest BCUT2D eigenvalue weighted by Crippen LogP contribution is -2.11. The predicted octanol–water partition coefficient (Wildman–Crippen LogP) is 2.93. The number of aryl methyl sites for hydroxylation is 1. The third-order valence-electron chi connectivity index (χ3n) is 2.91. The molecule has 0 bridgehead atoms. The van der Waals surface area contributed by atoms with Crippen LogP contribution in [0.5, 0.6) is 0 Å². The molecule has 0 saturated heterocycles. The number of hydrogen-bond acceptors (Lipinski definition) is 3. The average Bonchev–Trinajstić information content (AvgIpc) is 2.55. The molecule has 1 heterocycles. The summed E-state index contributed by atoms with van der Waals surface area (Å²) in [5.41, 5.74) is 8.74. The van der Waals surface area contributed by atoms with Gasteiger partial charge in [-0.15, -0.1) is 0 Å². The molecule has 0 saturated carbocycles. The molecule has 0 aliphatic rings. The van der Waals surface area contributed by atoms with Crippen molar-refractivity contribution in [1.82, 2.24) is 9.55 Å². The van der Waals surface area contributed by atoms with E-state index in [9.17, 15) is 0 Å².